The molecule has 1 aromatic carbocycles. The number of aryl methyl sites for hydroxylation is 2. The number of halogens is 1. The van der Waals surface area contributed by atoms with Gasteiger partial charge in [-0.1, -0.05) is 28.1 Å². The van der Waals surface area contributed by atoms with E-state index in [9.17, 15) is 4.79 Å². The Kier molecular flexibility index (Phi) is 4.83. The van der Waals surface area contributed by atoms with Crippen molar-refractivity contribution < 1.29 is 4.79 Å². The number of carbonyl (C=O) groups excluding carboxylic acids is 1. The van der Waals surface area contributed by atoms with Crippen LogP contribution in [0.5, 0.6) is 0 Å². The molecule has 0 unspecified atom stereocenters. The molecular formula is C17H15BrN4O. The second-order valence-electron chi connectivity index (χ2n) is 5.00. The van der Waals surface area contributed by atoms with Crippen LogP contribution in [-0.4, -0.2) is 20.7 Å². The second kappa shape index (κ2) is 7.19. The molecule has 0 atom stereocenters. The predicted molar refractivity (Wildman–Crippen MR) is 92.3 cm³/mol. The standard InChI is InChI=1S/C17H15BrN4O/c18-14-5-3-4-13(12-14)17(23)20-16-8-11-22(21-16)10-7-15-6-1-2-9-19-15/h1-6,8-9,11-12H,7,10H2,(H,20,21,23). The maximum atomic E-state index is 12.2. The van der Waals surface area contributed by atoms with Gasteiger partial charge in [0, 0.05) is 47.2 Å². The molecule has 0 saturated carbocycles. The van der Waals surface area contributed by atoms with Gasteiger partial charge in [-0.15, -0.1) is 0 Å². The maximum Gasteiger partial charge on any atom is 0.256 e. The van der Waals surface area contributed by atoms with Gasteiger partial charge < -0.3 is 5.32 Å². The molecule has 0 aliphatic heterocycles. The number of anilines is 1. The summed E-state index contributed by atoms with van der Waals surface area (Å²) in [7, 11) is 0. The minimum atomic E-state index is -0.179. The molecule has 3 aromatic rings. The lowest BCUT2D eigenvalue weighted by atomic mass is 10.2. The number of aromatic nitrogens is 3. The summed E-state index contributed by atoms with van der Waals surface area (Å²) in [6, 6.07) is 14.9. The Morgan fingerprint density at radius 1 is 1.17 bits per heavy atom. The van der Waals surface area contributed by atoms with Crippen LogP contribution in [0.25, 0.3) is 0 Å². The Balaban J connectivity index is 1.60. The highest BCUT2D eigenvalue weighted by Crippen LogP contribution is 2.13. The van der Waals surface area contributed by atoms with Gasteiger partial charge in [-0.25, -0.2) is 0 Å². The Morgan fingerprint density at radius 3 is 2.87 bits per heavy atom. The topological polar surface area (TPSA) is 59.8 Å². The van der Waals surface area contributed by atoms with Crippen LogP contribution in [0, 0.1) is 0 Å². The largest absolute Gasteiger partial charge is 0.305 e. The van der Waals surface area contributed by atoms with Crippen molar-refractivity contribution in [1.29, 1.82) is 0 Å². The zero-order valence-electron chi connectivity index (χ0n) is 12.3. The Labute approximate surface area is 142 Å². The molecule has 6 heteroatoms. The van der Waals surface area contributed by atoms with Gasteiger partial charge in [0.2, 0.25) is 0 Å². The van der Waals surface area contributed by atoms with Crippen molar-refractivity contribution in [2.75, 3.05) is 5.32 Å². The molecule has 0 saturated heterocycles. The van der Waals surface area contributed by atoms with Gasteiger partial charge in [0.25, 0.3) is 5.91 Å². The van der Waals surface area contributed by atoms with E-state index in [1.165, 1.54) is 0 Å². The van der Waals surface area contributed by atoms with Gasteiger partial charge in [0.15, 0.2) is 5.82 Å². The smallest absolute Gasteiger partial charge is 0.256 e. The van der Waals surface area contributed by atoms with Crippen molar-refractivity contribution in [3.63, 3.8) is 0 Å². The molecule has 0 fully saturated rings. The first-order valence-electron chi connectivity index (χ1n) is 7.21. The number of hydrogen-bond donors (Lipinski definition) is 1. The van der Waals surface area contributed by atoms with Gasteiger partial charge in [-0.2, -0.15) is 5.10 Å². The summed E-state index contributed by atoms with van der Waals surface area (Å²) in [4.78, 5) is 16.4. The predicted octanol–water partition coefficient (Wildman–Crippen LogP) is 3.54. The van der Waals surface area contributed by atoms with Gasteiger partial charge in [0.1, 0.15) is 0 Å². The highest BCUT2D eigenvalue weighted by Gasteiger charge is 2.08. The summed E-state index contributed by atoms with van der Waals surface area (Å²) in [5.74, 6) is 0.359. The average Bonchev–Trinajstić information content (AvgIpc) is 3.01. The van der Waals surface area contributed by atoms with Crippen LogP contribution in [0.15, 0.2) is 65.4 Å². The number of pyridine rings is 1. The fourth-order valence-electron chi connectivity index (χ4n) is 2.15. The number of hydrogen-bond acceptors (Lipinski definition) is 3. The number of nitrogens with one attached hydrogen (secondary N) is 1. The van der Waals surface area contributed by atoms with E-state index < -0.39 is 0 Å². The molecule has 0 bridgehead atoms. The number of nitrogens with zero attached hydrogens (tertiary/aromatic N) is 3. The van der Waals surface area contributed by atoms with E-state index in [0.717, 1.165) is 16.6 Å². The molecular weight excluding hydrogens is 356 g/mol. The fourth-order valence-corrected chi connectivity index (χ4v) is 2.55. The van der Waals surface area contributed by atoms with E-state index in [1.54, 1.807) is 29.1 Å². The second-order valence-corrected chi connectivity index (χ2v) is 5.92. The highest BCUT2D eigenvalue weighted by molar-refractivity contribution is 9.10. The SMILES string of the molecule is O=C(Nc1ccn(CCc2ccccn2)n1)c1cccc(Br)c1. The third-order valence-corrected chi connectivity index (χ3v) is 3.79. The number of rotatable bonds is 5. The first-order valence-corrected chi connectivity index (χ1v) is 8.00. The van der Waals surface area contributed by atoms with Gasteiger partial charge in [-0.05, 0) is 30.3 Å². The Hall–Kier alpha value is -2.47. The van der Waals surface area contributed by atoms with Crippen molar-refractivity contribution in [1.82, 2.24) is 14.8 Å². The van der Waals surface area contributed by atoms with E-state index >= 15 is 0 Å². The van der Waals surface area contributed by atoms with Gasteiger partial charge >= 0.3 is 0 Å². The number of amides is 1. The van der Waals surface area contributed by atoms with E-state index in [1.807, 2.05) is 36.5 Å². The van der Waals surface area contributed by atoms with Crippen molar-refractivity contribution >= 4 is 27.7 Å². The summed E-state index contributed by atoms with van der Waals surface area (Å²) in [6.07, 6.45) is 4.42. The third kappa shape index (κ3) is 4.26. The molecule has 5 nitrogen and oxygen atoms in total. The lowest BCUT2D eigenvalue weighted by molar-refractivity contribution is 0.102. The zero-order chi connectivity index (χ0) is 16.1. The van der Waals surface area contributed by atoms with Crippen LogP contribution >= 0.6 is 15.9 Å². The summed E-state index contributed by atoms with van der Waals surface area (Å²) < 4.78 is 2.66. The summed E-state index contributed by atoms with van der Waals surface area (Å²) in [5, 5.41) is 7.16. The minimum absolute atomic E-state index is 0.179. The van der Waals surface area contributed by atoms with Crippen LogP contribution in [0.2, 0.25) is 0 Å². The zero-order valence-corrected chi connectivity index (χ0v) is 13.9. The van der Waals surface area contributed by atoms with E-state index in [2.05, 4.69) is 31.3 Å². The lowest BCUT2D eigenvalue weighted by Crippen LogP contribution is -2.13. The van der Waals surface area contributed by atoms with E-state index in [0.29, 0.717) is 17.9 Å². The molecule has 2 heterocycles. The molecule has 0 aliphatic rings. The van der Waals surface area contributed by atoms with Crippen molar-refractivity contribution in [2.24, 2.45) is 0 Å². The molecule has 3 rings (SSSR count). The minimum Gasteiger partial charge on any atom is -0.305 e. The molecule has 0 radical (unpaired) electrons. The van der Waals surface area contributed by atoms with Crippen molar-refractivity contribution in [3.05, 3.63) is 76.7 Å². The van der Waals surface area contributed by atoms with Gasteiger partial charge in [-0.3, -0.25) is 14.5 Å². The first-order chi connectivity index (χ1) is 11.2. The van der Waals surface area contributed by atoms with E-state index in [-0.39, 0.29) is 5.91 Å². The first kappa shape index (κ1) is 15.4. The monoisotopic (exact) mass is 370 g/mol. The summed E-state index contributed by atoms with van der Waals surface area (Å²) in [6.45, 7) is 0.712. The third-order valence-electron chi connectivity index (χ3n) is 3.29. The summed E-state index contributed by atoms with van der Waals surface area (Å²) in [5.41, 5.74) is 1.60. The van der Waals surface area contributed by atoms with E-state index in [4.69, 9.17) is 0 Å². The highest BCUT2D eigenvalue weighted by atomic mass is 79.9. The van der Waals surface area contributed by atoms with Crippen LogP contribution < -0.4 is 5.32 Å². The fraction of sp³-hybridized carbons (Fsp3) is 0.118. The quantitative estimate of drug-likeness (QED) is 0.747. The molecule has 2 aromatic heterocycles. The maximum absolute atomic E-state index is 12.2. The molecule has 1 N–H and O–H groups in total. The van der Waals surface area contributed by atoms with Crippen molar-refractivity contribution in [2.45, 2.75) is 13.0 Å². The number of carbonyl (C=O) groups is 1. The van der Waals surface area contributed by atoms with Crippen LogP contribution in [0.4, 0.5) is 5.82 Å². The van der Waals surface area contributed by atoms with Crippen LogP contribution in [0.3, 0.4) is 0 Å². The number of benzene rings is 1. The Morgan fingerprint density at radius 2 is 2.09 bits per heavy atom. The van der Waals surface area contributed by atoms with Crippen LogP contribution in [0.1, 0.15) is 16.1 Å². The molecule has 116 valence electrons. The van der Waals surface area contributed by atoms with Crippen LogP contribution in [-0.2, 0) is 13.0 Å². The summed E-state index contributed by atoms with van der Waals surface area (Å²) >= 11 is 3.36. The van der Waals surface area contributed by atoms with Crippen molar-refractivity contribution in [3.8, 4) is 0 Å². The lowest BCUT2D eigenvalue weighted by Gasteiger charge is -2.03. The average molecular weight is 371 g/mol. The molecule has 0 aliphatic carbocycles. The Bertz CT molecular complexity index is 801. The van der Waals surface area contributed by atoms with Gasteiger partial charge in [0.05, 0.1) is 0 Å². The molecule has 23 heavy (non-hydrogen) atoms. The molecule has 1 amide bonds. The molecule has 0 spiro atoms. The normalized spacial score (nSPS) is 10.5.